The van der Waals surface area contributed by atoms with Gasteiger partial charge < -0.3 is 0 Å². The summed E-state index contributed by atoms with van der Waals surface area (Å²) in [5, 5.41) is 0.219. The average molecular weight is 523 g/mol. The van der Waals surface area contributed by atoms with Crippen LogP contribution in [0.5, 0.6) is 0 Å². The molecule has 1 atom stereocenters. The Kier molecular flexibility index (Phi) is 6.51. The fourth-order valence-corrected chi connectivity index (χ4v) is 3.52. The first-order valence-corrected chi connectivity index (χ1v) is 8.92. The normalized spacial score (nSPS) is 14.0. The van der Waals surface area contributed by atoms with Crippen molar-refractivity contribution < 1.29 is 26.3 Å². The van der Waals surface area contributed by atoms with Crippen LogP contribution in [0.15, 0.2) is 51.4 Å². The van der Waals surface area contributed by atoms with Gasteiger partial charge in [-0.15, -0.1) is 0 Å². The number of hydrogen-bond acceptors (Lipinski definition) is 0. The first kappa shape index (κ1) is 21.3. The van der Waals surface area contributed by atoms with Crippen molar-refractivity contribution in [2.45, 2.75) is 18.3 Å². The molecular weight excluding hydrogens is 513 g/mol. The van der Waals surface area contributed by atoms with Crippen LogP contribution < -0.4 is 0 Å². The van der Waals surface area contributed by atoms with Gasteiger partial charge >= 0.3 is 12.4 Å². The van der Waals surface area contributed by atoms with Crippen LogP contribution in [0.2, 0.25) is 5.02 Å². The van der Waals surface area contributed by atoms with E-state index < -0.39 is 23.8 Å². The van der Waals surface area contributed by atoms with Gasteiger partial charge in [-0.3, -0.25) is 0 Å². The quantitative estimate of drug-likeness (QED) is 0.281. The Bertz CT molecular complexity index is 804. The molecule has 0 aliphatic carbocycles. The maximum Gasteiger partial charge on any atom is 0.416 e. The molecule has 0 N–H and O–H groups in total. The van der Waals surface area contributed by atoms with Gasteiger partial charge in [-0.05, 0) is 67.3 Å². The monoisotopic (exact) mass is 520 g/mol. The number of allylic oxidation sites excluding steroid dienone is 1. The van der Waals surface area contributed by atoms with Crippen molar-refractivity contribution in [1.29, 1.82) is 0 Å². The summed E-state index contributed by atoms with van der Waals surface area (Å²) in [5.41, 5.74) is -1.02. The zero-order valence-electron chi connectivity index (χ0n) is 12.6. The van der Waals surface area contributed by atoms with Gasteiger partial charge in [0, 0.05) is 8.95 Å². The van der Waals surface area contributed by atoms with Crippen molar-refractivity contribution >= 4 is 49.5 Å². The number of benzene rings is 2. The van der Waals surface area contributed by atoms with Gasteiger partial charge in [-0.25, -0.2) is 0 Å². The molecule has 0 fully saturated rings. The molecule has 0 nitrogen and oxygen atoms in total. The third-order valence-corrected chi connectivity index (χ3v) is 5.53. The Morgan fingerprint density at radius 3 is 2.00 bits per heavy atom. The molecule has 0 radical (unpaired) electrons. The molecule has 0 saturated carbocycles. The van der Waals surface area contributed by atoms with Crippen molar-refractivity contribution in [3.05, 3.63) is 73.1 Å². The Labute approximate surface area is 167 Å². The third-order valence-electron chi connectivity index (χ3n) is 3.41. The molecule has 1 unspecified atom stereocenters. The predicted octanol–water partition coefficient (Wildman–Crippen LogP) is 8.24. The maximum atomic E-state index is 13.4. The lowest BCUT2D eigenvalue weighted by molar-refractivity contribution is -0.139. The van der Waals surface area contributed by atoms with Crippen LogP contribution in [-0.2, 0) is 6.18 Å². The van der Waals surface area contributed by atoms with Gasteiger partial charge in [0.1, 0.15) is 0 Å². The summed E-state index contributed by atoms with van der Waals surface area (Å²) in [6.07, 6.45) is -7.37. The van der Waals surface area contributed by atoms with Gasteiger partial charge in [0.2, 0.25) is 0 Å². The van der Waals surface area contributed by atoms with Crippen LogP contribution >= 0.6 is 43.5 Å². The highest BCUT2D eigenvalue weighted by molar-refractivity contribution is 9.11. The molecule has 0 aromatic heterocycles. The topological polar surface area (TPSA) is 0 Å². The van der Waals surface area contributed by atoms with Gasteiger partial charge in [0.15, 0.2) is 0 Å². The Balaban J connectivity index is 2.43. The summed E-state index contributed by atoms with van der Waals surface area (Å²) < 4.78 is 79.0. The van der Waals surface area contributed by atoms with Crippen LogP contribution in [0, 0.1) is 0 Å². The van der Waals surface area contributed by atoms with Crippen LogP contribution in [0.1, 0.15) is 22.6 Å². The van der Waals surface area contributed by atoms with Crippen LogP contribution in [0.3, 0.4) is 0 Å². The van der Waals surface area contributed by atoms with E-state index in [4.69, 9.17) is 11.6 Å². The molecule has 2 aromatic rings. The molecule has 0 aliphatic heterocycles. The number of rotatable bonds is 3. The SMILES string of the molecule is FC(F)(F)c1cccc(/C=C/C(c2cc(Br)c(Cl)c(Br)c2)C(F)(F)F)c1. The highest BCUT2D eigenvalue weighted by atomic mass is 79.9. The summed E-state index contributed by atoms with van der Waals surface area (Å²) in [6, 6.07) is 6.53. The second kappa shape index (κ2) is 7.94. The molecule has 9 heteroatoms. The molecule has 0 saturated heterocycles. The third kappa shape index (κ3) is 5.27. The molecule has 140 valence electrons. The first-order valence-electron chi connectivity index (χ1n) is 6.96. The zero-order chi connectivity index (χ0) is 19.7. The second-order valence-electron chi connectivity index (χ2n) is 5.30. The van der Waals surface area contributed by atoms with Crippen LogP contribution in [0.4, 0.5) is 26.3 Å². The summed E-state index contributed by atoms with van der Waals surface area (Å²) >= 11 is 12.1. The zero-order valence-corrected chi connectivity index (χ0v) is 16.5. The molecule has 0 spiro atoms. The number of hydrogen-bond donors (Lipinski definition) is 0. The summed E-state index contributed by atoms with van der Waals surface area (Å²) in [5.74, 6) is -2.01. The fourth-order valence-electron chi connectivity index (χ4n) is 2.19. The van der Waals surface area contributed by atoms with Gasteiger partial charge in [-0.2, -0.15) is 26.3 Å². The van der Waals surface area contributed by atoms with Crippen LogP contribution in [0.25, 0.3) is 6.08 Å². The van der Waals surface area contributed by atoms with Crippen molar-refractivity contribution in [3.63, 3.8) is 0 Å². The number of halogens is 9. The van der Waals surface area contributed by atoms with Gasteiger partial charge in [0.25, 0.3) is 0 Å². The predicted molar refractivity (Wildman–Crippen MR) is 96.1 cm³/mol. The standard InChI is InChI=1S/C17H9Br2ClF6/c18-13-7-10(8-14(19)15(13)20)12(17(24,25)26)5-4-9-2-1-3-11(6-9)16(21,22)23/h1-8,12H/b5-4+. The van der Waals surface area contributed by atoms with Crippen molar-refractivity contribution in [3.8, 4) is 0 Å². The summed E-state index contributed by atoms with van der Waals surface area (Å²) in [4.78, 5) is 0. The van der Waals surface area contributed by atoms with E-state index in [1.165, 1.54) is 18.2 Å². The minimum atomic E-state index is -4.63. The highest BCUT2D eigenvalue weighted by Gasteiger charge is 2.39. The molecule has 0 amide bonds. The van der Waals surface area contributed by atoms with Gasteiger partial charge in [0.05, 0.1) is 16.5 Å². The lowest BCUT2D eigenvalue weighted by Crippen LogP contribution is -2.19. The molecule has 26 heavy (non-hydrogen) atoms. The lowest BCUT2D eigenvalue weighted by Gasteiger charge is -2.18. The molecule has 2 rings (SSSR count). The van der Waals surface area contributed by atoms with E-state index in [1.807, 2.05) is 0 Å². The first-order chi connectivity index (χ1) is 11.9. The Hall–Kier alpha value is -0.990. The Morgan fingerprint density at radius 1 is 0.923 bits per heavy atom. The second-order valence-corrected chi connectivity index (χ2v) is 7.39. The average Bonchev–Trinajstić information content (AvgIpc) is 2.51. The summed E-state index contributed by atoms with van der Waals surface area (Å²) in [7, 11) is 0. The lowest BCUT2D eigenvalue weighted by atomic mass is 9.97. The smallest absolute Gasteiger partial charge is 0.170 e. The molecule has 0 heterocycles. The molecule has 0 bridgehead atoms. The summed E-state index contributed by atoms with van der Waals surface area (Å²) in [6.45, 7) is 0. The van der Waals surface area contributed by atoms with E-state index in [0.717, 1.165) is 30.4 Å². The van der Waals surface area contributed by atoms with E-state index in [-0.39, 0.29) is 25.1 Å². The van der Waals surface area contributed by atoms with E-state index in [0.29, 0.717) is 0 Å². The molecule has 0 aliphatic rings. The minimum Gasteiger partial charge on any atom is -0.170 e. The van der Waals surface area contributed by atoms with Crippen molar-refractivity contribution in [1.82, 2.24) is 0 Å². The largest absolute Gasteiger partial charge is 0.416 e. The van der Waals surface area contributed by atoms with E-state index >= 15 is 0 Å². The minimum absolute atomic E-state index is 0.0150. The van der Waals surface area contributed by atoms with E-state index in [2.05, 4.69) is 31.9 Å². The van der Waals surface area contributed by atoms with Crippen molar-refractivity contribution in [2.75, 3.05) is 0 Å². The maximum absolute atomic E-state index is 13.4. The highest BCUT2D eigenvalue weighted by Crippen LogP contribution is 2.41. The fraction of sp³-hybridized carbons (Fsp3) is 0.176. The van der Waals surface area contributed by atoms with Crippen LogP contribution in [-0.4, -0.2) is 6.18 Å². The van der Waals surface area contributed by atoms with Crippen molar-refractivity contribution in [2.24, 2.45) is 0 Å². The number of alkyl halides is 6. The van der Waals surface area contributed by atoms with Gasteiger partial charge in [-0.1, -0.05) is 35.9 Å². The molecular formula is C17H9Br2ClF6. The van der Waals surface area contributed by atoms with E-state index in [1.54, 1.807) is 0 Å². The molecule has 2 aromatic carbocycles. The Morgan fingerprint density at radius 2 is 1.50 bits per heavy atom. The van der Waals surface area contributed by atoms with E-state index in [9.17, 15) is 26.3 Å².